The van der Waals surface area contributed by atoms with Crippen LogP contribution in [0.3, 0.4) is 0 Å². The van der Waals surface area contributed by atoms with Crippen LogP contribution in [0.4, 0.5) is 16.2 Å². The highest BCUT2D eigenvalue weighted by Crippen LogP contribution is 2.25. The zero-order valence-electron chi connectivity index (χ0n) is 18.4. The van der Waals surface area contributed by atoms with Crippen LogP contribution in [-0.2, 0) is 11.3 Å². The Bertz CT molecular complexity index is 1380. The maximum Gasteiger partial charge on any atom is 0.411 e. The molecule has 172 valence electrons. The summed E-state index contributed by atoms with van der Waals surface area (Å²) in [4.78, 5) is 36.6. The summed E-state index contributed by atoms with van der Waals surface area (Å²) in [6, 6.07) is 22.2. The highest BCUT2D eigenvalue weighted by Gasteiger charge is 2.14. The molecule has 0 aliphatic heterocycles. The Kier molecular flexibility index (Phi) is 6.88. The second-order valence-corrected chi connectivity index (χ2v) is 7.25. The fourth-order valence-electron chi connectivity index (χ4n) is 3.37. The molecule has 0 aliphatic rings. The third-order valence-corrected chi connectivity index (χ3v) is 4.90. The van der Waals surface area contributed by atoms with E-state index in [1.807, 2.05) is 18.2 Å². The fourth-order valence-corrected chi connectivity index (χ4v) is 3.37. The molecule has 0 atom stereocenters. The van der Waals surface area contributed by atoms with Gasteiger partial charge in [-0.15, -0.1) is 0 Å². The molecule has 8 heteroatoms. The minimum Gasteiger partial charge on any atom is -0.488 e. The molecule has 0 unspecified atom stereocenters. The quantitative estimate of drug-likeness (QED) is 0.369. The van der Waals surface area contributed by atoms with Gasteiger partial charge in [0.2, 0.25) is 0 Å². The van der Waals surface area contributed by atoms with Gasteiger partial charge in [-0.25, -0.2) is 9.59 Å². The van der Waals surface area contributed by atoms with Gasteiger partial charge < -0.3 is 19.2 Å². The molecular weight excluding hydrogens is 436 g/mol. The first kappa shape index (κ1) is 22.6. The molecule has 0 fully saturated rings. The number of para-hydroxylation sites is 2. The molecule has 34 heavy (non-hydrogen) atoms. The Labute approximate surface area is 195 Å². The summed E-state index contributed by atoms with van der Waals surface area (Å²) in [7, 11) is 0. The van der Waals surface area contributed by atoms with E-state index in [9.17, 15) is 14.4 Å². The number of carbonyl (C=O) groups is 2. The summed E-state index contributed by atoms with van der Waals surface area (Å²) in [6.45, 7) is 1.97. The van der Waals surface area contributed by atoms with E-state index in [0.29, 0.717) is 33.6 Å². The van der Waals surface area contributed by atoms with E-state index in [-0.39, 0.29) is 24.7 Å². The van der Waals surface area contributed by atoms with Crippen LogP contribution in [0.5, 0.6) is 5.75 Å². The highest BCUT2D eigenvalue weighted by molar-refractivity contribution is 6.06. The predicted octanol–water partition coefficient (Wildman–Crippen LogP) is 5.19. The maximum atomic E-state index is 12.8. The summed E-state index contributed by atoms with van der Waals surface area (Å²) >= 11 is 0. The number of hydrogen-bond acceptors (Lipinski definition) is 6. The van der Waals surface area contributed by atoms with Crippen LogP contribution in [0.25, 0.3) is 11.0 Å². The van der Waals surface area contributed by atoms with E-state index in [4.69, 9.17) is 13.9 Å². The molecule has 4 aromatic rings. The normalized spacial score (nSPS) is 10.5. The standard InChI is InChI=1S/C26H22N2O6/c1-2-32-26(31)28-19-12-13-20-17(14-24(29)34-23(20)15-19)16-33-22-11-7-6-10-21(22)25(30)27-18-8-4-3-5-9-18/h3-15H,2,16H2,1H3,(H,27,30)(H,28,31). The van der Waals surface area contributed by atoms with Crippen molar-refractivity contribution in [1.82, 2.24) is 0 Å². The molecule has 2 amide bonds. The molecule has 8 nitrogen and oxygen atoms in total. The number of anilines is 2. The van der Waals surface area contributed by atoms with Crippen LogP contribution in [0.1, 0.15) is 22.8 Å². The Balaban J connectivity index is 1.55. The average Bonchev–Trinajstić information content (AvgIpc) is 2.83. The van der Waals surface area contributed by atoms with Crippen molar-refractivity contribution in [2.75, 3.05) is 17.2 Å². The van der Waals surface area contributed by atoms with Crippen molar-refractivity contribution in [3.63, 3.8) is 0 Å². The zero-order chi connectivity index (χ0) is 23.9. The zero-order valence-corrected chi connectivity index (χ0v) is 18.4. The lowest BCUT2D eigenvalue weighted by Crippen LogP contribution is -2.14. The van der Waals surface area contributed by atoms with Crippen LogP contribution < -0.4 is 21.0 Å². The van der Waals surface area contributed by atoms with E-state index in [2.05, 4.69) is 10.6 Å². The molecule has 1 aromatic heterocycles. The molecule has 0 bridgehead atoms. The SMILES string of the molecule is CCOC(=O)Nc1ccc2c(COc3ccccc3C(=O)Nc3ccccc3)cc(=O)oc2c1. The van der Waals surface area contributed by atoms with Gasteiger partial charge in [-0.05, 0) is 43.3 Å². The van der Waals surface area contributed by atoms with Gasteiger partial charge in [0, 0.05) is 34.5 Å². The number of ether oxygens (including phenoxy) is 2. The monoisotopic (exact) mass is 458 g/mol. The summed E-state index contributed by atoms with van der Waals surface area (Å²) in [5.74, 6) is 0.0619. The summed E-state index contributed by atoms with van der Waals surface area (Å²) in [5.41, 5.74) is 1.76. The van der Waals surface area contributed by atoms with Gasteiger partial charge in [-0.3, -0.25) is 10.1 Å². The van der Waals surface area contributed by atoms with Crippen molar-refractivity contribution in [2.45, 2.75) is 13.5 Å². The van der Waals surface area contributed by atoms with Crippen LogP contribution in [0.15, 0.2) is 88.1 Å². The Morgan fingerprint density at radius 3 is 2.44 bits per heavy atom. The first-order chi connectivity index (χ1) is 16.5. The van der Waals surface area contributed by atoms with Crippen molar-refractivity contribution in [1.29, 1.82) is 0 Å². The largest absolute Gasteiger partial charge is 0.488 e. The molecule has 3 aromatic carbocycles. The molecule has 0 saturated carbocycles. The topological polar surface area (TPSA) is 107 Å². The van der Waals surface area contributed by atoms with Crippen LogP contribution in [0.2, 0.25) is 0 Å². The lowest BCUT2D eigenvalue weighted by molar-refractivity contribution is 0.102. The molecule has 0 aliphatic carbocycles. The van der Waals surface area contributed by atoms with E-state index < -0.39 is 11.7 Å². The second kappa shape index (κ2) is 10.4. The van der Waals surface area contributed by atoms with Gasteiger partial charge in [-0.1, -0.05) is 30.3 Å². The maximum absolute atomic E-state index is 12.8. The van der Waals surface area contributed by atoms with Crippen molar-refractivity contribution >= 4 is 34.3 Å². The fraction of sp³-hybridized carbons (Fsp3) is 0.115. The summed E-state index contributed by atoms with van der Waals surface area (Å²) in [5, 5.41) is 6.05. The minimum atomic E-state index is -0.603. The number of carbonyl (C=O) groups excluding carboxylic acids is 2. The Hall–Kier alpha value is -4.59. The van der Waals surface area contributed by atoms with Crippen molar-refractivity contribution in [3.05, 3.63) is 100 Å². The Morgan fingerprint density at radius 1 is 0.882 bits per heavy atom. The van der Waals surface area contributed by atoms with Gasteiger partial charge in [0.25, 0.3) is 5.91 Å². The van der Waals surface area contributed by atoms with E-state index in [1.165, 1.54) is 6.07 Å². The molecule has 4 rings (SSSR count). The lowest BCUT2D eigenvalue weighted by Gasteiger charge is -2.13. The number of benzene rings is 3. The third kappa shape index (κ3) is 5.42. The van der Waals surface area contributed by atoms with Crippen LogP contribution in [0, 0.1) is 0 Å². The lowest BCUT2D eigenvalue weighted by atomic mass is 10.1. The van der Waals surface area contributed by atoms with E-state index in [1.54, 1.807) is 61.5 Å². The highest BCUT2D eigenvalue weighted by atomic mass is 16.5. The first-order valence-electron chi connectivity index (χ1n) is 10.6. The number of rotatable bonds is 7. The molecule has 0 spiro atoms. The van der Waals surface area contributed by atoms with E-state index in [0.717, 1.165) is 0 Å². The van der Waals surface area contributed by atoms with Gasteiger partial charge in [0.15, 0.2) is 0 Å². The number of fused-ring (bicyclic) bond motifs is 1. The van der Waals surface area contributed by atoms with E-state index >= 15 is 0 Å². The second-order valence-electron chi connectivity index (χ2n) is 7.25. The van der Waals surface area contributed by atoms with Gasteiger partial charge >= 0.3 is 11.7 Å². The molecule has 0 radical (unpaired) electrons. The third-order valence-electron chi connectivity index (χ3n) is 4.90. The van der Waals surface area contributed by atoms with Gasteiger partial charge in [-0.2, -0.15) is 0 Å². The smallest absolute Gasteiger partial charge is 0.411 e. The predicted molar refractivity (Wildman–Crippen MR) is 128 cm³/mol. The minimum absolute atomic E-state index is 0.0301. The average molecular weight is 458 g/mol. The molecular formula is C26H22N2O6. The summed E-state index contributed by atoms with van der Waals surface area (Å²) in [6.07, 6.45) is -0.603. The van der Waals surface area contributed by atoms with Crippen molar-refractivity contribution < 1.29 is 23.5 Å². The number of amides is 2. The molecule has 2 N–H and O–H groups in total. The summed E-state index contributed by atoms with van der Waals surface area (Å²) < 4.78 is 16.1. The van der Waals surface area contributed by atoms with Crippen molar-refractivity contribution in [3.8, 4) is 5.75 Å². The van der Waals surface area contributed by atoms with Crippen LogP contribution in [-0.4, -0.2) is 18.6 Å². The van der Waals surface area contributed by atoms with Crippen LogP contribution >= 0.6 is 0 Å². The van der Waals surface area contributed by atoms with Crippen molar-refractivity contribution in [2.24, 2.45) is 0 Å². The van der Waals surface area contributed by atoms with Gasteiger partial charge in [0.1, 0.15) is 17.9 Å². The van der Waals surface area contributed by atoms with Gasteiger partial charge in [0.05, 0.1) is 12.2 Å². The molecule has 1 heterocycles. The Morgan fingerprint density at radius 2 is 1.65 bits per heavy atom. The molecule has 0 saturated heterocycles. The number of hydrogen-bond donors (Lipinski definition) is 2. The first-order valence-corrected chi connectivity index (χ1v) is 10.6. The number of nitrogens with one attached hydrogen (secondary N) is 2.